The van der Waals surface area contributed by atoms with Gasteiger partial charge in [0.05, 0.1) is 5.69 Å². The summed E-state index contributed by atoms with van der Waals surface area (Å²) in [5.74, 6) is -0.103. The van der Waals surface area contributed by atoms with Crippen molar-refractivity contribution in [2.24, 2.45) is 0 Å². The molecule has 0 aliphatic rings. The fourth-order valence-electron chi connectivity index (χ4n) is 4.36. The van der Waals surface area contributed by atoms with E-state index in [4.69, 9.17) is 0 Å². The van der Waals surface area contributed by atoms with E-state index in [1.807, 2.05) is 0 Å². The maximum atomic E-state index is 12.3. The summed E-state index contributed by atoms with van der Waals surface area (Å²) >= 11 is 0. The molecule has 1 aromatic carbocycles. The van der Waals surface area contributed by atoms with Gasteiger partial charge in [-0.3, -0.25) is 9.89 Å². The Labute approximate surface area is 215 Å². The van der Waals surface area contributed by atoms with Gasteiger partial charge in [0.1, 0.15) is 11.4 Å². The van der Waals surface area contributed by atoms with Crippen molar-refractivity contribution in [3.63, 3.8) is 0 Å². The van der Waals surface area contributed by atoms with Crippen molar-refractivity contribution in [1.82, 2.24) is 15.5 Å². The molecule has 1 amide bonds. The number of amides is 1. The second kappa shape index (κ2) is 18.8. The van der Waals surface area contributed by atoms with Gasteiger partial charge in [0.15, 0.2) is 0 Å². The maximum Gasteiger partial charge on any atom is 0.387 e. The van der Waals surface area contributed by atoms with Gasteiger partial charge in [0.25, 0.3) is 5.91 Å². The molecule has 0 aliphatic heterocycles. The molecular formula is C29H45F2N3O2. The molecule has 0 saturated heterocycles. The molecule has 0 atom stereocenters. The van der Waals surface area contributed by atoms with Crippen LogP contribution in [0.2, 0.25) is 0 Å². The van der Waals surface area contributed by atoms with E-state index in [9.17, 15) is 13.6 Å². The zero-order chi connectivity index (χ0) is 25.8. The highest BCUT2D eigenvalue weighted by atomic mass is 19.3. The molecule has 5 nitrogen and oxygen atoms in total. The van der Waals surface area contributed by atoms with Crippen LogP contribution in [0.3, 0.4) is 0 Å². The van der Waals surface area contributed by atoms with E-state index in [1.54, 1.807) is 18.2 Å². The Kier molecular flexibility index (Phi) is 15.5. The molecule has 1 aromatic heterocycles. The quantitative estimate of drug-likeness (QED) is 0.167. The first kappa shape index (κ1) is 29.8. The van der Waals surface area contributed by atoms with Crippen molar-refractivity contribution in [2.75, 3.05) is 6.54 Å². The van der Waals surface area contributed by atoms with Crippen LogP contribution >= 0.6 is 0 Å². The lowest BCUT2D eigenvalue weighted by Gasteiger charge is -2.05. The number of rotatable bonds is 21. The minimum Gasteiger partial charge on any atom is -0.435 e. The average Bonchev–Trinajstić information content (AvgIpc) is 3.36. The second-order valence-electron chi connectivity index (χ2n) is 9.63. The van der Waals surface area contributed by atoms with Gasteiger partial charge in [-0.2, -0.15) is 13.9 Å². The Morgan fingerprint density at radius 2 is 1.33 bits per heavy atom. The number of nitrogens with one attached hydrogen (secondary N) is 2. The Balaban J connectivity index is 1.44. The fraction of sp³-hybridized carbons (Fsp3) is 0.655. The number of aromatic amines is 1. The molecule has 0 bridgehead atoms. The second-order valence-corrected chi connectivity index (χ2v) is 9.63. The first-order chi connectivity index (χ1) is 17.6. The summed E-state index contributed by atoms with van der Waals surface area (Å²) in [6, 6.07) is 7.82. The van der Waals surface area contributed by atoms with Crippen molar-refractivity contribution >= 4 is 5.91 Å². The van der Waals surface area contributed by atoms with E-state index in [0.717, 1.165) is 12.8 Å². The van der Waals surface area contributed by atoms with Crippen molar-refractivity contribution in [2.45, 2.75) is 116 Å². The third-order valence-electron chi connectivity index (χ3n) is 6.51. The molecule has 2 N–H and O–H groups in total. The normalized spacial score (nSPS) is 11.2. The molecule has 1 heterocycles. The Bertz CT molecular complexity index is 824. The van der Waals surface area contributed by atoms with Gasteiger partial charge in [0.2, 0.25) is 0 Å². The lowest BCUT2D eigenvalue weighted by atomic mass is 10.0. The van der Waals surface area contributed by atoms with Crippen molar-refractivity contribution in [1.29, 1.82) is 0 Å². The lowest BCUT2D eigenvalue weighted by Crippen LogP contribution is -2.24. The zero-order valence-corrected chi connectivity index (χ0v) is 22.0. The van der Waals surface area contributed by atoms with Crippen LogP contribution in [0.4, 0.5) is 8.78 Å². The summed E-state index contributed by atoms with van der Waals surface area (Å²) in [7, 11) is 0. The summed E-state index contributed by atoms with van der Waals surface area (Å²) in [6.07, 6.45) is 21.2. The molecule has 36 heavy (non-hydrogen) atoms. The van der Waals surface area contributed by atoms with Crippen LogP contribution in [0.1, 0.15) is 120 Å². The Morgan fingerprint density at radius 1 is 0.833 bits per heavy atom. The molecule has 0 saturated carbocycles. The summed E-state index contributed by atoms with van der Waals surface area (Å²) in [5.41, 5.74) is 1.67. The van der Waals surface area contributed by atoms with E-state index in [2.05, 4.69) is 27.2 Å². The maximum absolute atomic E-state index is 12.3. The number of carbonyl (C=O) groups excluding carboxylic acids is 1. The summed E-state index contributed by atoms with van der Waals surface area (Å²) in [6.45, 7) is 0.0571. The van der Waals surface area contributed by atoms with Gasteiger partial charge < -0.3 is 10.1 Å². The number of benzene rings is 1. The molecule has 0 radical (unpaired) electrons. The number of halogens is 2. The SMILES string of the molecule is CCCCCCCCCCCCCCCCCCNC(=O)c1cc(-c2ccc(OC(F)F)cc2)n[nH]1. The number of ether oxygens (including phenoxy) is 1. The first-order valence-corrected chi connectivity index (χ1v) is 14.0. The van der Waals surface area contributed by atoms with Crippen LogP contribution in [-0.4, -0.2) is 29.3 Å². The standard InChI is InChI=1S/C29H45F2N3O2/c1-2-3-4-5-6-7-8-9-10-11-12-13-14-15-16-17-22-32-28(35)27-23-26(33-34-27)24-18-20-25(21-19-24)36-29(30)31/h18-21,23,29H,2-17,22H2,1H3,(H,32,35)(H,33,34). The van der Waals surface area contributed by atoms with Gasteiger partial charge in [-0.15, -0.1) is 0 Å². The first-order valence-electron chi connectivity index (χ1n) is 14.0. The average molecular weight is 506 g/mol. The number of alkyl halides is 2. The molecule has 2 rings (SSSR count). The third-order valence-corrected chi connectivity index (χ3v) is 6.51. The number of carbonyl (C=O) groups is 1. The number of hydrogen-bond donors (Lipinski definition) is 2. The molecule has 0 fully saturated rings. The van der Waals surface area contributed by atoms with Crippen LogP contribution in [0.5, 0.6) is 5.75 Å². The molecule has 0 aliphatic carbocycles. The topological polar surface area (TPSA) is 67.0 Å². The van der Waals surface area contributed by atoms with E-state index >= 15 is 0 Å². The van der Waals surface area contributed by atoms with Crippen LogP contribution in [0.25, 0.3) is 11.3 Å². The Hall–Kier alpha value is -2.44. The number of aromatic nitrogens is 2. The van der Waals surface area contributed by atoms with Crippen LogP contribution in [0, 0.1) is 0 Å². The van der Waals surface area contributed by atoms with Gasteiger partial charge >= 0.3 is 6.61 Å². The van der Waals surface area contributed by atoms with Crippen LogP contribution < -0.4 is 10.1 Å². The summed E-state index contributed by atoms with van der Waals surface area (Å²) < 4.78 is 28.9. The molecule has 2 aromatic rings. The highest BCUT2D eigenvalue weighted by molar-refractivity contribution is 5.93. The third kappa shape index (κ3) is 13.0. The summed E-state index contributed by atoms with van der Waals surface area (Å²) in [4.78, 5) is 12.3. The summed E-state index contributed by atoms with van der Waals surface area (Å²) in [5, 5.41) is 9.83. The molecule has 0 spiro atoms. The van der Waals surface area contributed by atoms with Crippen molar-refractivity contribution in [3.05, 3.63) is 36.0 Å². The minimum atomic E-state index is -2.86. The largest absolute Gasteiger partial charge is 0.435 e. The number of unbranched alkanes of at least 4 members (excludes halogenated alkanes) is 15. The molecule has 0 unspecified atom stereocenters. The number of H-pyrrole nitrogens is 1. The van der Waals surface area contributed by atoms with Gasteiger partial charge in [-0.1, -0.05) is 103 Å². The van der Waals surface area contributed by atoms with Gasteiger partial charge in [-0.05, 0) is 36.8 Å². The number of hydrogen-bond acceptors (Lipinski definition) is 3. The predicted octanol–water partition coefficient (Wildman–Crippen LogP) is 8.67. The zero-order valence-electron chi connectivity index (χ0n) is 22.0. The van der Waals surface area contributed by atoms with E-state index in [1.165, 1.54) is 102 Å². The van der Waals surface area contributed by atoms with Crippen LogP contribution in [0.15, 0.2) is 30.3 Å². The molecular weight excluding hydrogens is 460 g/mol. The lowest BCUT2D eigenvalue weighted by molar-refractivity contribution is -0.0498. The van der Waals surface area contributed by atoms with Crippen LogP contribution in [-0.2, 0) is 0 Å². The van der Waals surface area contributed by atoms with E-state index < -0.39 is 6.61 Å². The highest BCUT2D eigenvalue weighted by Gasteiger charge is 2.11. The highest BCUT2D eigenvalue weighted by Crippen LogP contribution is 2.22. The van der Waals surface area contributed by atoms with Crippen molar-refractivity contribution < 1.29 is 18.3 Å². The van der Waals surface area contributed by atoms with Crippen molar-refractivity contribution in [3.8, 4) is 17.0 Å². The van der Waals surface area contributed by atoms with E-state index in [-0.39, 0.29) is 11.7 Å². The monoisotopic (exact) mass is 505 g/mol. The molecule has 7 heteroatoms. The smallest absolute Gasteiger partial charge is 0.387 e. The Morgan fingerprint density at radius 3 is 1.83 bits per heavy atom. The van der Waals surface area contributed by atoms with Gasteiger partial charge in [-0.25, -0.2) is 0 Å². The minimum absolute atomic E-state index is 0.0843. The fourth-order valence-corrected chi connectivity index (χ4v) is 4.36. The number of nitrogens with zero attached hydrogens (tertiary/aromatic N) is 1. The van der Waals surface area contributed by atoms with E-state index in [0.29, 0.717) is 23.5 Å². The molecule has 202 valence electrons. The predicted molar refractivity (Wildman–Crippen MR) is 143 cm³/mol. The van der Waals surface area contributed by atoms with Gasteiger partial charge in [0, 0.05) is 12.1 Å².